The third-order valence-electron chi connectivity index (χ3n) is 3.81. The number of benzene rings is 1. The largest absolute Gasteiger partial charge is 0.466 e. The molecule has 0 spiro atoms. The van der Waals surface area contributed by atoms with Gasteiger partial charge in [-0.05, 0) is 32.9 Å². The molecule has 0 saturated heterocycles. The van der Waals surface area contributed by atoms with Crippen molar-refractivity contribution in [1.29, 1.82) is 0 Å². The minimum absolute atomic E-state index is 0.139. The maximum atomic E-state index is 12.9. The van der Waals surface area contributed by atoms with Crippen molar-refractivity contribution in [2.24, 2.45) is 11.8 Å². The Morgan fingerprint density at radius 1 is 1.15 bits per heavy atom. The van der Waals surface area contributed by atoms with Gasteiger partial charge in [0.2, 0.25) is 5.91 Å². The molecular formula is C18H23ClN2O5. The fourth-order valence-electron chi connectivity index (χ4n) is 2.54. The van der Waals surface area contributed by atoms with Crippen molar-refractivity contribution in [3.8, 4) is 0 Å². The standard InChI is InChI=1S/C18H23ClN2O5/c1-5-26-18(25)11(2)16(20-13(4)23)15(12(3)22)17(24)21(19)14-9-7-6-8-10-14/h6-11,15-16H,5H2,1-4H3,(H,20,23). The lowest BCUT2D eigenvalue weighted by molar-refractivity contribution is -0.149. The molecule has 0 fully saturated rings. The summed E-state index contributed by atoms with van der Waals surface area (Å²) in [6.07, 6.45) is 0. The highest BCUT2D eigenvalue weighted by Crippen LogP contribution is 2.24. The average molecular weight is 383 g/mol. The van der Waals surface area contributed by atoms with Gasteiger partial charge >= 0.3 is 5.97 Å². The zero-order valence-corrected chi connectivity index (χ0v) is 15.9. The monoisotopic (exact) mass is 382 g/mol. The number of esters is 1. The minimum Gasteiger partial charge on any atom is -0.466 e. The first-order valence-electron chi connectivity index (χ1n) is 8.19. The predicted octanol–water partition coefficient (Wildman–Crippen LogP) is 2.08. The first kappa shape index (κ1) is 21.6. The molecule has 0 radical (unpaired) electrons. The number of anilines is 1. The lowest BCUT2D eigenvalue weighted by Gasteiger charge is -2.30. The SMILES string of the molecule is CCOC(=O)C(C)C(NC(C)=O)C(C(C)=O)C(=O)N(Cl)c1ccccc1. The molecule has 3 atom stereocenters. The molecule has 1 N–H and O–H groups in total. The Morgan fingerprint density at radius 3 is 2.19 bits per heavy atom. The van der Waals surface area contributed by atoms with Crippen molar-refractivity contribution < 1.29 is 23.9 Å². The van der Waals surface area contributed by atoms with E-state index in [1.165, 1.54) is 20.8 Å². The molecule has 2 amide bonds. The lowest BCUT2D eigenvalue weighted by Crippen LogP contribution is -2.53. The molecule has 1 aromatic rings. The third kappa shape index (κ3) is 5.56. The van der Waals surface area contributed by atoms with Crippen LogP contribution in [0.15, 0.2) is 30.3 Å². The Balaban J connectivity index is 3.22. The van der Waals surface area contributed by atoms with Crippen LogP contribution in [0, 0.1) is 11.8 Å². The molecule has 1 aromatic carbocycles. The van der Waals surface area contributed by atoms with Crippen LogP contribution < -0.4 is 9.74 Å². The molecule has 3 unspecified atom stereocenters. The Labute approximate surface area is 157 Å². The molecule has 0 aliphatic rings. The summed E-state index contributed by atoms with van der Waals surface area (Å²) < 4.78 is 5.78. The van der Waals surface area contributed by atoms with Gasteiger partial charge in [0.05, 0.1) is 24.3 Å². The van der Waals surface area contributed by atoms with Crippen LogP contribution in [0.4, 0.5) is 5.69 Å². The van der Waals surface area contributed by atoms with Gasteiger partial charge in [0.25, 0.3) is 5.91 Å². The lowest BCUT2D eigenvalue weighted by atomic mass is 9.85. The second-order valence-electron chi connectivity index (χ2n) is 5.81. The van der Waals surface area contributed by atoms with Crippen molar-refractivity contribution >= 4 is 41.0 Å². The Kier molecular flexibility index (Phi) is 8.25. The number of nitrogens with one attached hydrogen (secondary N) is 1. The van der Waals surface area contributed by atoms with E-state index in [2.05, 4.69) is 5.32 Å². The Hall–Kier alpha value is -2.41. The normalized spacial score (nSPS) is 13.9. The highest BCUT2D eigenvalue weighted by atomic mass is 35.5. The smallest absolute Gasteiger partial charge is 0.310 e. The molecule has 0 aliphatic heterocycles. The fourth-order valence-corrected chi connectivity index (χ4v) is 2.76. The number of para-hydroxylation sites is 1. The van der Waals surface area contributed by atoms with Crippen LogP contribution in [0.25, 0.3) is 0 Å². The molecule has 7 nitrogen and oxygen atoms in total. The van der Waals surface area contributed by atoms with Crippen LogP contribution in [-0.2, 0) is 23.9 Å². The molecule has 26 heavy (non-hydrogen) atoms. The van der Waals surface area contributed by atoms with Gasteiger partial charge in [0, 0.05) is 18.7 Å². The Morgan fingerprint density at radius 2 is 1.73 bits per heavy atom. The van der Waals surface area contributed by atoms with E-state index in [4.69, 9.17) is 16.5 Å². The quantitative estimate of drug-likeness (QED) is 0.422. The molecule has 0 saturated carbocycles. The maximum Gasteiger partial charge on any atom is 0.310 e. The van der Waals surface area contributed by atoms with E-state index in [-0.39, 0.29) is 6.61 Å². The van der Waals surface area contributed by atoms with Crippen LogP contribution in [0.2, 0.25) is 0 Å². The summed E-state index contributed by atoms with van der Waals surface area (Å²) >= 11 is 6.12. The number of nitrogens with zero attached hydrogens (tertiary/aromatic N) is 1. The van der Waals surface area contributed by atoms with Gasteiger partial charge in [-0.3, -0.25) is 19.2 Å². The predicted molar refractivity (Wildman–Crippen MR) is 97.4 cm³/mol. The van der Waals surface area contributed by atoms with Gasteiger partial charge in [0.1, 0.15) is 11.7 Å². The van der Waals surface area contributed by atoms with E-state index < -0.39 is 41.4 Å². The van der Waals surface area contributed by atoms with E-state index in [1.807, 2.05) is 0 Å². The van der Waals surface area contributed by atoms with Gasteiger partial charge < -0.3 is 10.1 Å². The summed E-state index contributed by atoms with van der Waals surface area (Å²) in [5, 5.41) is 2.52. The number of hydrogen-bond acceptors (Lipinski definition) is 5. The number of ether oxygens (including phenoxy) is 1. The van der Waals surface area contributed by atoms with Crippen LogP contribution in [-0.4, -0.2) is 36.2 Å². The highest BCUT2D eigenvalue weighted by Gasteiger charge is 2.41. The third-order valence-corrected chi connectivity index (χ3v) is 4.17. The molecule has 0 aromatic heterocycles. The van der Waals surface area contributed by atoms with E-state index in [1.54, 1.807) is 37.3 Å². The summed E-state index contributed by atoms with van der Waals surface area (Å²) in [7, 11) is 0. The van der Waals surface area contributed by atoms with Gasteiger partial charge in [-0.15, -0.1) is 0 Å². The van der Waals surface area contributed by atoms with Crippen LogP contribution in [0.3, 0.4) is 0 Å². The van der Waals surface area contributed by atoms with E-state index >= 15 is 0 Å². The summed E-state index contributed by atoms with van der Waals surface area (Å²) in [5.41, 5.74) is 0.371. The minimum atomic E-state index is -1.34. The Bertz CT molecular complexity index is 665. The zero-order valence-electron chi connectivity index (χ0n) is 15.2. The molecule has 0 heterocycles. The van der Waals surface area contributed by atoms with Crippen molar-refractivity contribution in [3.05, 3.63) is 30.3 Å². The van der Waals surface area contributed by atoms with E-state index in [9.17, 15) is 19.2 Å². The number of ketones is 1. The second-order valence-corrected chi connectivity index (χ2v) is 6.15. The molecule has 1 rings (SSSR count). The number of hydrogen-bond donors (Lipinski definition) is 1. The maximum absolute atomic E-state index is 12.9. The van der Waals surface area contributed by atoms with Gasteiger partial charge in [0.15, 0.2) is 0 Å². The molecule has 142 valence electrons. The number of Topliss-reactive ketones (excluding diaryl/α,β-unsaturated/α-hetero) is 1. The van der Waals surface area contributed by atoms with Crippen molar-refractivity contribution in [3.63, 3.8) is 0 Å². The summed E-state index contributed by atoms with van der Waals surface area (Å²) in [6.45, 7) is 5.72. The summed E-state index contributed by atoms with van der Waals surface area (Å²) in [4.78, 5) is 48.8. The van der Waals surface area contributed by atoms with E-state index in [0.29, 0.717) is 5.69 Å². The first-order chi connectivity index (χ1) is 12.2. The van der Waals surface area contributed by atoms with E-state index in [0.717, 1.165) is 4.42 Å². The number of carbonyl (C=O) groups excluding carboxylic acids is 4. The number of amides is 2. The average Bonchev–Trinajstić information content (AvgIpc) is 2.60. The van der Waals surface area contributed by atoms with Crippen LogP contribution in [0.5, 0.6) is 0 Å². The van der Waals surface area contributed by atoms with Crippen molar-refractivity contribution in [1.82, 2.24) is 5.32 Å². The second kappa shape index (κ2) is 9.91. The zero-order chi connectivity index (χ0) is 19.9. The van der Waals surface area contributed by atoms with Crippen LogP contribution in [0.1, 0.15) is 27.7 Å². The molecule has 0 aliphatic carbocycles. The fraction of sp³-hybridized carbons (Fsp3) is 0.444. The van der Waals surface area contributed by atoms with Gasteiger partial charge in [-0.1, -0.05) is 18.2 Å². The number of rotatable bonds is 8. The van der Waals surface area contributed by atoms with Crippen LogP contribution >= 0.6 is 11.8 Å². The first-order valence-corrected chi connectivity index (χ1v) is 8.53. The van der Waals surface area contributed by atoms with Crippen molar-refractivity contribution in [2.45, 2.75) is 33.7 Å². The topological polar surface area (TPSA) is 92.8 Å². The molecular weight excluding hydrogens is 360 g/mol. The van der Waals surface area contributed by atoms with Gasteiger partial charge in [-0.25, -0.2) is 4.42 Å². The molecule has 8 heteroatoms. The highest BCUT2D eigenvalue weighted by molar-refractivity contribution is 6.38. The molecule has 0 bridgehead atoms. The summed E-state index contributed by atoms with van der Waals surface area (Å²) in [5.74, 6) is -4.61. The van der Waals surface area contributed by atoms with Gasteiger partial charge in [-0.2, -0.15) is 0 Å². The van der Waals surface area contributed by atoms with Crippen molar-refractivity contribution in [2.75, 3.05) is 11.0 Å². The number of carbonyl (C=O) groups is 4. The summed E-state index contributed by atoms with van der Waals surface area (Å²) in [6, 6.07) is 7.25. The number of halogens is 1.